The average molecular weight is 215 g/mol. The van der Waals surface area contributed by atoms with Crippen LogP contribution in [-0.4, -0.2) is 42.1 Å². The molecule has 0 bridgehead atoms. The smallest absolute Gasteiger partial charge is 0.199 e. The highest BCUT2D eigenvalue weighted by molar-refractivity contribution is 6.39. The average Bonchev–Trinajstić information content (AvgIpc) is 2.19. The fourth-order valence-corrected chi connectivity index (χ4v) is 1.40. The molecule has 0 unspecified atom stereocenters. The van der Waals surface area contributed by atoms with Gasteiger partial charge in [-0.3, -0.25) is 0 Å². The molecule has 1 saturated heterocycles. The zero-order chi connectivity index (χ0) is 11.9. The number of nitrogens with one attached hydrogen (secondary N) is 1. The highest BCUT2D eigenvalue weighted by Crippen LogP contribution is 2.21. The monoisotopic (exact) mass is 215 g/mol. The quantitative estimate of drug-likeness (QED) is 0.599. The van der Waals surface area contributed by atoms with Crippen LogP contribution in [0.5, 0.6) is 5.75 Å². The van der Waals surface area contributed by atoms with Crippen molar-refractivity contribution in [2.24, 2.45) is 0 Å². The van der Waals surface area contributed by atoms with Crippen LogP contribution < -0.4 is 21.0 Å². The predicted octanol–water partition coefficient (Wildman–Crippen LogP) is -1.60. The van der Waals surface area contributed by atoms with Gasteiger partial charge in [-0.2, -0.15) is 4.39 Å². The van der Waals surface area contributed by atoms with Crippen molar-refractivity contribution in [3.63, 3.8) is 0 Å². The van der Waals surface area contributed by atoms with Crippen molar-refractivity contribution < 1.29 is 13.5 Å². The Balaban J connectivity index is 2.36. The van der Waals surface area contributed by atoms with Gasteiger partial charge in [-0.05, 0) is 0 Å². The van der Waals surface area contributed by atoms with Gasteiger partial charge in [0.2, 0.25) is 0 Å². The number of benzene rings is 1. The molecule has 1 aliphatic heterocycles. The second kappa shape index (κ2) is 3.80. The lowest BCUT2D eigenvalue weighted by atomic mass is 9.76. The molecule has 0 spiro atoms. The zero-order valence-electron chi connectivity index (χ0n) is 8.39. The molecule has 0 aliphatic carbocycles. The van der Waals surface area contributed by atoms with Crippen LogP contribution in [0.25, 0.3) is 0 Å². The summed E-state index contributed by atoms with van der Waals surface area (Å²) < 4.78 is 31.8. The molecule has 1 aliphatic rings. The van der Waals surface area contributed by atoms with E-state index in [0.717, 1.165) is 6.07 Å². The normalized spacial score (nSPS) is 17.9. The van der Waals surface area contributed by atoms with Gasteiger partial charge in [-0.15, -0.1) is 0 Å². The summed E-state index contributed by atoms with van der Waals surface area (Å²) in [6, 6.07) is 1.10. The van der Waals surface area contributed by atoms with Crippen molar-refractivity contribution in [2.75, 3.05) is 13.1 Å². The van der Waals surface area contributed by atoms with Crippen LogP contribution >= 0.6 is 0 Å². The third-order valence-electron chi connectivity index (χ3n) is 2.37. The number of rotatable bonds is 2. The minimum atomic E-state index is -1.21. The van der Waals surface area contributed by atoms with Crippen LogP contribution in [0.3, 0.4) is 0 Å². The van der Waals surface area contributed by atoms with E-state index < -0.39 is 22.9 Å². The fourth-order valence-electron chi connectivity index (χ4n) is 1.40. The van der Waals surface area contributed by atoms with Crippen LogP contribution in [0.1, 0.15) is 0 Å². The first-order valence-corrected chi connectivity index (χ1v) is 4.64. The lowest BCUT2D eigenvalue weighted by Gasteiger charge is -2.40. The van der Waals surface area contributed by atoms with Crippen molar-refractivity contribution in [2.45, 2.75) is 5.50 Å². The molecule has 0 saturated carbocycles. The molecular weight excluding hydrogens is 209 g/mol. The summed E-state index contributed by atoms with van der Waals surface area (Å²) in [5.41, 5.74) is -1.48. The minimum Gasteiger partial charge on any atom is -0.492 e. The summed E-state index contributed by atoms with van der Waals surface area (Å²) in [4.78, 5) is 0. The highest BCUT2D eigenvalue weighted by Gasteiger charge is 2.34. The molecule has 1 aromatic rings. The number of halogens is 2. The Morgan fingerprint density at radius 3 is 2.31 bits per heavy atom. The van der Waals surface area contributed by atoms with Gasteiger partial charge >= 0.3 is 0 Å². The molecule has 1 aromatic carbocycles. The van der Waals surface area contributed by atoms with Crippen molar-refractivity contribution in [1.29, 1.82) is 0 Å². The lowest BCUT2D eigenvalue weighted by molar-refractivity contribution is 0.0934. The minimum absolute atomic E-state index is 0.0758. The van der Waals surface area contributed by atoms with Gasteiger partial charge in [-0.25, -0.2) is 4.39 Å². The topological polar surface area (TPSA) is 21.3 Å². The molecule has 16 heavy (non-hydrogen) atoms. The summed E-state index contributed by atoms with van der Waals surface area (Å²) in [6.45, 7) is 0.690. The summed E-state index contributed by atoms with van der Waals surface area (Å²) >= 11 is 0. The number of hydrogen-bond acceptors (Lipinski definition) is 2. The number of hydrogen-bond donors (Lipinski definition) is 1. The first-order chi connectivity index (χ1) is 7.43. The molecule has 0 aromatic heterocycles. The van der Waals surface area contributed by atoms with Crippen molar-refractivity contribution in [3.05, 3.63) is 17.7 Å². The number of ether oxygens (including phenoxy) is 1. The second-order valence-corrected chi connectivity index (χ2v) is 3.78. The van der Waals surface area contributed by atoms with Gasteiger partial charge in [0.15, 0.2) is 17.4 Å². The second-order valence-electron chi connectivity index (χ2n) is 3.78. The lowest BCUT2D eigenvalue weighted by Crippen LogP contribution is -2.64. The van der Waals surface area contributed by atoms with Crippen molar-refractivity contribution in [1.82, 2.24) is 5.32 Å². The standard InChI is InChI=1S/C9H6B3F2NO/c10-4-1-5(11)8(7(14)6(4)13)16-9(12)2-15-3-9/h1,15H,2-3H2. The maximum Gasteiger partial charge on any atom is 0.199 e. The first kappa shape index (κ1) is 11.5. The van der Waals surface area contributed by atoms with E-state index in [1.54, 1.807) is 0 Å². The van der Waals surface area contributed by atoms with E-state index >= 15 is 0 Å². The van der Waals surface area contributed by atoms with Gasteiger partial charge in [-0.1, -0.05) is 17.0 Å². The van der Waals surface area contributed by atoms with Gasteiger partial charge in [0.25, 0.3) is 0 Å². The van der Waals surface area contributed by atoms with Gasteiger partial charge < -0.3 is 10.1 Å². The Labute approximate surface area is 96.0 Å². The van der Waals surface area contributed by atoms with Crippen molar-refractivity contribution >= 4 is 34.5 Å². The zero-order valence-corrected chi connectivity index (χ0v) is 8.39. The molecular formula is C9H6B3F2NO. The summed E-state index contributed by atoms with van der Waals surface area (Å²) in [5.74, 6) is -2.79. The molecule has 7 heteroatoms. The Kier molecular flexibility index (Phi) is 2.74. The van der Waals surface area contributed by atoms with E-state index in [1.165, 1.54) is 0 Å². The summed E-state index contributed by atoms with van der Waals surface area (Å²) in [5, 5.41) is 2.86. The van der Waals surface area contributed by atoms with E-state index in [4.69, 9.17) is 28.3 Å². The maximum absolute atomic E-state index is 13.5. The van der Waals surface area contributed by atoms with Crippen molar-refractivity contribution in [3.8, 4) is 5.75 Å². The largest absolute Gasteiger partial charge is 0.492 e. The molecule has 2 rings (SSSR count). The van der Waals surface area contributed by atoms with E-state index in [0.29, 0.717) is 13.1 Å². The van der Waals surface area contributed by atoms with Gasteiger partial charge in [0.05, 0.1) is 5.50 Å². The third kappa shape index (κ3) is 1.84. The molecule has 1 heterocycles. The molecule has 76 valence electrons. The SMILES string of the molecule is [B]c1cc([B])c(OC2([B])CNC2)c(F)c1F. The van der Waals surface area contributed by atoms with Crippen LogP contribution in [0.2, 0.25) is 0 Å². The van der Waals surface area contributed by atoms with Gasteiger partial charge in [0, 0.05) is 13.1 Å². The highest BCUT2D eigenvalue weighted by atomic mass is 19.2. The summed E-state index contributed by atoms with van der Waals surface area (Å²) in [6.07, 6.45) is 0. The fraction of sp³-hybridized carbons (Fsp3) is 0.333. The summed E-state index contributed by atoms with van der Waals surface area (Å²) in [7, 11) is 16.4. The van der Waals surface area contributed by atoms with E-state index in [9.17, 15) is 8.78 Å². The van der Waals surface area contributed by atoms with E-state index in [-0.39, 0.29) is 10.9 Å². The molecule has 0 atom stereocenters. The molecule has 1 fully saturated rings. The maximum atomic E-state index is 13.5. The molecule has 6 radical (unpaired) electrons. The Morgan fingerprint density at radius 2 is 1.81 bits per heavy atom. The van der Waals surface area contributed by atoms with E-state index in [1.807, 2.05) is 0 Å². The van der Waals surface area contributed by atoms with Crippen LogP contribution in [0, 0.1) is 11.6 Å². The van der Waals surface area contributed by atoms with Crippen LogP contribution in [0.15, 0.2) is 6.07 Å². The Hall–Kier alpha value is -0.965. The van der Waals surface area contributed by atoms with E-state index in [2.05, 4.69) is 5.32 Å². The Bertz CT molecular complexity index is 437. The predicted molar refractivity (Wildman–Crippen MR) is 59.1 cm³/mol. The van der Waals surface area contributed by atoms with Crippen LogP contribution in [-0.2, 0) is 0 Å². The third-order valence-corrected chi connectivity index (χ3v) is 2.37. The first-order valence-electron chi connectivity index (χ1n) is 4.64. The van der Waals surface area contributed by atoms with Gasteiger partial charge in [0.1, 0.15) is 23.5 Å². The Morgan fingerprint density at radius 1 is 1.19 bits per heavy atom. The molecule has 2 nitrogen and oxygen atoms in total. The van der Waals surface area contributed by atoms with Crippen LogP contribution in [0.4, 0.5) is 8.78 Å². The molecule has 0 amide bonds. The molecule has 1 N–H and O–H groups in total.